The summed E-state index contributed by atoms with van der Waals surface area (Å²) in [6, 6.07) is 31.6. The highest BCUT2D eigenvalue weighted by molar-refractivity contribution is 6.31. The average Bonchev–Trinajstić information content (AvgIpc) is 3.43. The molecule has 2 aliphatic rings. The summed E-state index contributed by atoms with van der Waals surface area (Å²) < 4.78 is 35.6. The highest BCUT2D eigenvalue weighted by Crippen LogP contribution is 2.49. The Morgan fingerprint density at radius 3 is 1.04 bits per heavy atom. The highest BCUT2D eigenvalue weighted by atomic mass is 35.5. The van der Waals surface area contributed by atoms with Crippen LogP contribution in [0, 0.1) is 0 Å². The van der Waals surface area contributed by atoms with Crippen molar-refractivity contribution >= 4 is 82.1 Å². The van der Waals surface area contributed by atoms with Crippen LogP contribution in [-0.2, 0) is 57.2 Å². The van der Waals surface area contributed by atoms with E-state index in [1.54, 1.807) is 136 Å². The number of ether oxygens (including phenoxy) is 6. The molecule has 82 heavy (non-hydrogen) atoms. The largest absolute Gasteiger partial charge is 0.464 e. The number of pyridine rings is 2. The van der Waals surface area contributed by atoms with Gasteiger partial charge in [-0.05, 0) is 133 Å². The summed E-state index contributed by atoms with van der Waals surface area (Å²) in [4.78, 5) is 91.7. The van der Waals surface area contributed by atoms with Gasteiger partial charge in [0.25, 0.3) is 11.8 Å². The monoisotopic (exact) mass is 1200 g/mol. The number of halogens is 4. The molecule has 2 amide bonds. The number of rotatable bonds is 20. The average molecular weight is 1200 g/mol. The third-order valence-electron chi connectivity index (χ3n) is 13.7. The molecule has 4 aromatic carbocycles. The van der Waals surface area contributed by atoms with Gasteiger partial charge in [0.15, 0.2) is 24.4 Å². The van der Waals surface area contributed by atoms with Gasteiger partial charge >= 0.3 is 23.9 Å². The van der Waals surface area contributed by atoms with E-state index in [-0.39, 0.29) is 13.2 Å². The Morgan fingerprint density at radius 1 is 0.476 bits per heavy atom. The van der Waals surface area contributed by atoms with E-state index in [9.17, 15) is 28.8 Å². The van der Waals surface area contributed by atoms with Crippen molar-refractivity contribution in [3.05, 3.63) is 200 Å². The molecule has 0 radical (unpaired) electrons. The van der Waals surface area contributed by atoms with Crippen LogP contribution in [0.4, 0.5) is 0 Å². The lowest BCUT2D eigenvalue weighted by atomic mass is 9.88. The zero-order valence-electron chi connectivity index (χ0n) is 46.1. The smallest absolute Gasteiger partial charge is 0.328 e. The minimum absolute atomic E-state index is 0.153. The lowest BCUT2D eigenvalue weighted by Crippen LogP contribution is -2.58. The number of esters is 4. The second-order valence-corrected chi connectivity index (χ2v) is 21.0. The van der Waals surface area contributed by atoms with Gasteiger partial charge in [-0.15, -0.1) is 0 Å². The van der Waals surface area contributed by atoms with Gasteiger partial charge in [-0.25, -0.2) is 9.59 Å². The van der Waals surface area contributed by atoms with Crippen molar-refractivity contribution in [3.8, 4) is 0 Å². The molecule has 0 aliphatic carbocycles. The first-order valence-corrected chi connectivity index (χ1v) is 28.5. The molecule has 0 saturated carbocycles. The molecule has 0 N–H and O–H groups in total. The number of amides is 2. The normalized spacial score (nSPS) is 20.3. The van der Waals surface area contributed by atoms with E-state index in [2.05, 4.69) is 9.97 Å². The van der Waals surface area contributed by atoms with Crippen molar-refractivity contribution in [3.63, 3.8) is 0 Å². The van der Waals surface area contributed by atoms with Crippen LogP contribution in [0.15, 0.2) is 146 Å². The molecule has 2 unspecified atom stereocenters. The van der Waals surface area contributed by atoms with Crippen LogP contribution in [0.2, 0.25) is 20.1 Å². The van der Waals surface area contributed by atoms with E-state index in [0.29, 0.717) is 79.2 Å². The molecular formula is C62H64Cl4N4O12. The molecule has 2 aromatic heterocycles. The van der Waals surface area contributed by atoms with Crippen LogP contribution in [0.1, 0.15) is 137 Å². The fourth-order valence-electron chi connectivity index (χ4n) is 10.2. The predicted octanol–water partition coefficient (Wildman–Crippen LogP) is 12.9. The molecule has 16 nitrogen and oxygen atoms in total. The summed E-state index contributed by atoms with van der Waals surface area (Å²) in [7, 11) is 0. The standard InChI is InChI=1S/2C31H32Cl2N2O6/c2*1-4-6-25(31(38)39-5-2)35-26(20-7-11-23(32)12-8-20)27(21-9-13-24(33)14-10-21)41-29(30(35)37)28(40-19(3)36)22-15-17-34-18-16-22/h2*7-18,25-29H,4-6H2,1-3H3/t2*25-,26-,27+,28?,29+/m10/s1. The van der Waals surface area contributed by atoms with E-state index in [0.717, 1.165) is 0 Å². The van der Waals surface area contributed by atoms with Gasteiger partial charge in [-0.1, -0.05) is 122 Å². The Kier molecular flexibility index (Phi) is 22.8. The van der Waals surface area contributed by atoms with Crippen molar-refractivity contribution in [2.24, 2.45) is 0 Å². The van der Waals surface area contributed by atoms with Crippen molar-refractivity contribution in [2.75, 3.05) is 13.2 Å². The van der Waals surface area contributed by atoms with Gasteiger partial charge in [-0.2, -0.15) is 0 Å². The van der Waals surface area contributed by atoms with Crippen molar-refractivity contribution < 1.29 is 57.2 Å². The topological polar surface area (TPSA) is 190 Å². The molecule has 6 aromatic rings. The van der Waals surface area contributed by atoms with Crippen LogP contribution in [0.3, 0.4) is 0 Å². The van der Waals surface area contributed by atoms with Crippen molar-refractivity contribution in [2.45, 2.75) is 128 Å². The van der Waals surface area contributed by atoms with E-state index < -0.39 is 96.5 Å². The van der Waals surface area contributed by atoms with Gasteiger partial charge in [-0.3, -0.25) is 29.1 Å². The Morgan fingerprint density at radius 2 is 0.768 bits per heavy atom. The molecule has 432 valence electrons. The molecule has 0 spiro atoms. The fraction of sp³-hybridized carbons (Fsp3) is 0.355. The van der Waals surface area contributed by atoms with Crippen LogP contribution in [-0.4, -0.2) is 93.0 Å². The predicted molar refractivity (Wildman–Crippen MR) is 308 cm³/mol. The Balaban J connectivity index is 0.000000236. The highest BCUT2D eigenvalue weighted by Gasteiger charge is 2.54. The maximum absolute atomic E-state index is 14.6. The molecule has 2 saturated heterocycles. The Labute approximate surface area is 497 Å². The minimum atomic E-state index is -1.28. The van der Waals surface area contributed by atoms with Gasteiger partial charge in [0.1, 0.15) is 24.3 Å². The summed E-state index contributed by atoms with van der Waals surface area (Å²) in [5.74, 6) is -3.24. The maximum atomic E-state index is 14.6. The molecule has 0 bridgehead atoms. The lowest BCUT2D eigenvalue weighted by Gasteiger charge is -2.48. The van der Waals surface area contributed by atoms with Crippen LogP contribution in [0.5, 0.6) is 0 Å². The van der Waals surface area contributed by atoms with E-state index in [1.165, 1.54) is 23.6 Å². The molecule has 2 fully saturated rings. The first-order chi connectivity index (χ1) is 39.5. The van der Waals surface area contributed by atoms with Crippen molar-refractivity contribution in [1.29, 1.82) is 0 Å². The quantitative estimate of drug-likeness (QED) is 0.0518. The van der Waals surface area contributed by atoms with Gasteiger partial charge in [0.2, 0.25) is 0 Å². The minimum Gasteiger partial charge on any atom is -0.464 e. The fourth-order valence-corrected chi connectivity index (χ4v) is 10.7. The number of carbonyl (C=O) groups is 6. The number of benzene rings is 4. The molecular weight excluding hydrogens is 1130 g/mol. The second kappa shape index (κ2) is 29.9. The number of morpholine rings is 2. The molecule has 20 heteroatoms. The van der Waals surface area contributed by atoms with Crippen molar-refractivity contribution in [1.82, 2.24) is 19.8 Å². The SMILES string of the molecule is CCC[C@@H](C(=O)OCC)N1C(=O)[C@@H](C(OC(C)=O)c2ccncc2)O[C@H](c2ccc(Cl)cc2)[C@@H]1c1ccc(Cl)cc1.CCC[C@H](C(=O)OCC)N1C(=O)[C@H](C(OC(C)=O)c2ccncc2)O[C@@H](c2ccc(Cl)cc2)[C@H]1c1ccc(Cl)cc1. The van der Waals surface area contributed by atoms with E-state index in [4.69, 9.17) is 74.8 Å². The van der Waals surface area contributed by atoms with Crippen LogP contribution in [0.25, 0.3) is 0 Å². The number of hydrogen-bond acceptors (Lipinski definition) is 14. The van der Waals surface area contributed by atoms with E-state index >= 15 is 0 Å². The number of carbonyl (C=O) groups excluding carboxylic acids is 6. The Bertz CT molecular complexity index is 2880. The maximum Gasteiger partial charge on any atom is 0.328 e. The molecule has 2 aliphatic heterocycles. The number of nitrogens with zero attached hydrogens (tertiary/aromatic N) is 4. The third kappa shape index (κ3) is 15.4. The first kappa shape index (κ1) is 62.7. The lowest BCUT2D eigenvalue weighted by molar-refractivity contribution is -0.203. The van der Waals surface area contributed by atoms with Gasteiger partial charge in [0.05, 0.1) is 25.3 Å². The summed E-state index contributed by atoms with van der Waals surface area (Å²) in [5, 5.41) is 2.10. The zero-order valence-corrected chi connectivity index (χ0v) is 49.1. The number of hydrogen-bond donors (Lipinski definition) is 0. The summed E-state index contributed by atoms with van der Waals surface area (Å²) >= 11 is 24.9. The zero-order chi connectivity index (χ0) is 59.0. The molecule has 10 atom stereocenters. The van der Waals surface area contributed by atoms with Gasteiger partial charge < -0.3 is 38.2 Å². The third-order valence-corrected chi connectivity index (χ3v) is 14.7. The second-order valence-electron chi connectivity index (χ2n) is 19.3. The summed E-state index contributed by atoms with van der Waals surface area (Å²) in [5.41, 5.74) is 3.89. The van der Waals surface area contributed by atoms with Crippen LogP contribution >= 0.6 is 46.4 Å². The first-order valence-electron chi connectivity index (χ1n) is 26.9. The summed E-state index contributed by atoms with van der Waals surface area (Å²) in [6.45, 7) is 10.1. The molecule has 4 heterocycles. The number of aromatic nitrogens is 2. The van der Waals surface area contributed by atoms with Gasteiger partial charge in [0, 0.05) is 58.7 Å². The molecule has 8 rings (SSSR count). The van der Waals surface area contributed by atoms with E-state index in [1.807, 2.05) is 38.1 Å². The summed E-state index contributed by atoms with van der Waals surface area (Å²) in [6.07, 6.45) is 1.78. The van der Waals surface area contributed by atoms with Crippen LogP contribution < -0.4 is 0 Å². The Hall–Kier alpha value is -6.92.